The lowest BCUT2D eigenvalue weighted by Gasteiger charge is -2.08. The van der Waals surface area contributed by atoms with Crippen LogP contribution < -0.4 is 0 Å². The van der Waals surface area contributed by atoms with E-state index in [2.05, 4.69) is 4.74 Å². The minimum absolute atomic E-state index is 0.151. The predicted octanol–water partition coefficient (Wildman–Crippen LogP) is 3.24. The van der Waals surface area contributed by atoms with Gasteiger partial charge in [0.2, 0.25) is 0 Å². The van der Waals surface area contributed by atoms with Gasteiger partial charge in [-0.1, -0.05) is 17.7 Å². The summed E-state index contributed by atoms with van der Waals surface area (Å²) in [6, 6.07) is 13.3. The number of ether oxygens (including phenoxy) is 1. The zero-order valence-electron chi connectivity index (χ0n) is 14.7. The highest BCUT2D eigenvalue weighted by molar-refractivity contribution is 7.90. The van der Waals surface area contributed by atoms with Crippen molar-refractivity contribution < 1.29 is 17.9 Å². The van der Waals surface area contributed by atoms with Gasteiger partial charge in [-0.25, -0.2) is 17.2 Å². The third-order valence-corrected chi connectivity index (χ3v) is 5.80. The summed E-state index contributed by atoms with van der Waals surface area (Å²) in [5.41, 5.74) is 2.25. The summed E-state index contributed by atoms with van der Waals surface area (Å²) >= 11 is 0. The molecule has 0 unspecified atom stereocenters. The second kappa shape index (κ2) is 7.09. The second-order valence-corrected chi connectivity index (χ2v) is 7.71. The van der Waals surface area contributed by atoms with Gasteiger partial charge in [-0.2, -0.15) is 5.26 Å². The largest absolute Gasteiger partial charge is 0.466 e. The first-order valence-corrected chi connectivity index (χ1v) is 9.44. The van der Waals surface area contributed by atoms with Crippen molar-refractivity contribution in [1.29, 1.82) is 5.26 Å². The van der Waals surface area contributed by atoms with Crippen LogP contribution in [0.25, 0.3) is 17.0 Å². The fourth-order valence-electron chi connectivity index (χ4n) is 2.68. The van der Waals surface area contributed by atoms with Crippen molar-refractivity contribution in [3.8, 4) is 6.07 Å². The van der Waals surface area contributed by atoms with Gasteiger partial charge in [0, 0.05) is 23.2 Å². The number of benzene rings is 2. The molecule has 6 nitrogen and oxygen atoms in total. The Morgan fingerprint density at radius 1 is 1.19 bits per heavy atom. The Labute approximate surface area is 157 Å². The van der Waals surface area contributed by atoms with E-state index in [1.807, 2.05) is 13.0 Å². The van der Waals surface area contributed by atoms with Gasteiger partial charge in [-0.3, -0.25) is 0 Å². The lowest BCUT2D eigenvalue weighted by Crippen LogP contribution is -2.11. The Bertz CT molecular complexity index is 1200. The lowest BCUT2D eigenvalue weighted by molar-refractivity contribution is -0.134. The summed E-state index contributed by atoms with van der Waals surface area (Å²) in [7, 11) is -2.59. The maximum absolute atomic E-state index is 13.1. The van der Waals surface area contributed by atoms with E-state index in [0.29, 0.717) is 22.0 Å². The Morgan fingerprint density at radius 3 is 2.52 bits per heavy atom. The number of hydrogen-bond donors (Lipinski definition) is 0. The molecule has 0 fully saturated rings. The molecule has 0 saturated heterocycles. The molecule has 0 saturated carbocycles. The van der Waals surface area contributed by atoms with Crippen LogP contribution in [0.5, 0.6) is 0 Å². The summed E-state index contributed by atoms with van der Waals surface area (Å²) in [6.07, 6.45) is 4.10. The van der Waals surface area contributed by atoms with E-state index in [9.17, 15) is 13.2 Å². The van der Waals surface area contributed by atoms with E-state index >= 15 is 0 Å². The number of aryl methyl sites for hydroxylation is 1. The molecule has 3 aromatic rings. The molecule has 1 heterocycles. The Balaban J connectivity index is 2.24. The first-order chi connectivity index (χ1) is 12.9. The van der Waals surface area contributed by atoms with Gasteiger partial charge < -0.3 is 4.74 Å². The molecule has 7 heteroatoms. The number of carbonyl (C=O) groups is 1. The third-order valence-electron chi connectivity index (χ3n) is 4.11. The van der Waals surface area contributed by atoms with Crippen LogP contribution in [0.2, 0.25) is 0 Å². The number of aromatic nitrogens is 1. The monoisotopic (exact) mass is 380 g/mol. The van der Waals surface area contributed by atoms with Gasteiger partial charge in [-0.05, 0) is 43.3 Å². The second-order valence-electron chi connectivity index (χ2n) is 5.90. The molecule has 0 bridgehead atoms. The van der Waals surface area contributed by atoms with Gasteiger partial charge in [-0.15, -0.1) is 0 Å². The Kier molecular flexibility index (Phi) is 4.84. The molecule has 0 radical (unpaired) electrons. The minimum Gasteiger partial charge on any atom is -0.466 e. The predicted molar refractivity (Wildman–Crippen MR) is 101 cm³/mol. The number of rotatable bonds is 4. The number of esters is 1. The van der Waals surface area contributed by atoms with Crippen LogP contribution >= 0.6 is 0 Å². The standard InChI is InChI=1S/C20H16N2O4S/c1-14-3-7-17(8-4-14)27(24,25)22-13-16(6-10-20(23)26-2)18-11-15(12-21)5-9-19(18)22/h3-11,13H,1-2H3. The molecule has 0 N–H and O–H groups in total. The van der Waals surface area contributed by atoms with Crippen LogP contribution in [-0.2, 0) is 19.6 Å². The molecule has 0 spiro atoms. The topological polar surface area (TPSA) is 89.2 Å². The maximum Gasteiger partial charge on any atom is 0.330 e. The minimum atomic E-state index is -3.84. The molecule has 136 valence electrons. The van der Waals surface area contributed by atoms with E-state index in [1.54, 1.807) is 42.5 Å². The highest BCUT2D eigenvalue weighted by atomic mass is 32.2. The van der Waals surface area contributed by atoms with Crippen LogP contribution in [0.15, 0.2) is 59.6 Å². The smallest absolute Gasteiger partial charge is 0.330 e. The van der Waals surface area contributed by atoms with Crippen molar-refractivity contribution in [2.75, 3.05) is 7.11 Å². The average molecular weight is 380 g/mol. The lowest BCUT2D eigenvalue weighted by atomic mass is 10.1. The van der Waals surface area contributed by atoms with Gasteiger partial charge in [0.1, 0.15) is 0 Å². The van der Waals surface area contributed by atoms with Gasteiger partial charge in [0.15, 0.2) is 0 Å². The number of carbonyl (C=O) groups excluding carboxylic acids is 1. The highest BCUT2D eigenvalue weighted by Crippen LogP contribution is 2.28. The van der Waals surface area contributed by atoms with E-state index in [1.165, 1.54) is 25.5 Å². The molecule has 27 heavy (non-hydrogen) atoms. The molecule has 1 aromatic heterocycles. The van der Waals surface area contributed by atoms with Crippen LogP contribution in [0.3, 0.4) is 0 Å². The van der Waals surface area contributed by atoms with Gasteiger partial charge in [0.25, 0.3) is 10.0 Å². The van der Waals surface area contributed by atoms with Crippen molar-refractivity contribution in [3.05, 3.63) is 71.4 Å². The van der Waals surface area contributed by atoms with E-state index in [0.717, 1.165) is 9.54 Å². The van der Waals surface area contributed by atoms with Crippen LogP contribution in [0.4, 0.5) is 0 Å². The molecule has 2 aromatic carbocycles. The number of hydrogen-bond acceptors (Lipinski definition) is 5. The number of methoxy groups -OCH3 is 1. The van der Waals surface area contributed by atoms with E-state index in [-0.39, 0.29) is 4.90 Å². The van der Waals surface area contributed by atoms with Crippen molar-refractivity contribution >= 4 is 33.0 Å². The zero-order chi connectivity index (χ0) is 19.6. The summed E-state index contributed by atoms with van der Waals surface area (Å²) in [5, 5.41) is 9.69. The quantitative estimate of drug-likeness (QED) is 0.512. The average Bonchev–Trinajstić information content (AvgIpc) is 3.05. The SMILES string of the molecule is COC(=O)C=Cc1cn(S(=O)(=O)c2ccc(C)cc2)c2ccc(C#N)cc12. The van der Waals surface area contributed by atoms with Crippen molar-refractivity contribution in [3.63, 3.8) is 0 Å². The molecule has 0 atom stereocenters. The fraction of sp³-hybridized carbons (Fsp3) is 0.100. The van der Waals surface area contributed by atoms with E-state index in [4.69, 9.17) is 5.26 Å². The summed E-state index contributed by atoms with van der Waals surface area (Å²) in [6.45, 7) is 1.88. The summed E-state index contributed by atoms with van der Waals surface area (Å²) in [4.78, 5) is 11.6. The summed E-state index contributed by atoms with van der Waals surface area (Å²) in [5.74, 6) is -0.561. The fourth-order valence-corrected chi connectivity index (χ4v) is 4.05. The molecule has 0 aliphatic rings. The molecule has 0 aliphatic carbocycles. The Morgan fingerprint density at radius 2 is 1.89 bits per heavy atom. The highest BCUT2D eigenvalue weighted by Gasteiger charge is 2.21. The molecular formula is C20H16N2O4S. The first-order valence-electron chi connectivity index (χ1n) is 8.00. The van der Waals surface area contributed by atoms with Gasteiger partial charge >= 0.3 is 5.97 Å². The number of fused-ring (bicyclic) bond motifs is 1. The molecule has 0 amide bonds. The Hall–Kier alpha value is -3.37. The first kappa shape index (κ1) is 18.4. The molecule has 0 aliphatic heterocycles. The van der Waals surface area contributed by atoms with Crippen molar-refractivity contribution in [2.45, 2.75) is 11.8 Å². The van der Waals surface area contributed by atoms with Crippen molar-refractivity contribution in [1.82, 2.24) is 3.97 Å². The summed E-state index contributed by atoms with van der Waals surface area (Å²) < 4.78 is 31.9. The van der Waals surface area contributed by atoms with Crippen LogP contribution in [0.1, 0.15) is 16.7 Å². The molecule has 3 rings (SSSR count). The number of nitrogens with zero attached hydrogens (tertiary/aromatic N) is 2. The zero-order valence-corrected chi connectivity index (χ0v) is 15.5. The van der Waals surface area contributed by atoms with Crippen LogP contribution in [0, 0.1) is 18.3 Å². The van der Waals surface area contributed by atoms with Crippen molar-refractivity contribution in [2.24, 2.45) is 0 Å². The van der Waals surface area contributed by atoms with Crippen LogP contribution in [-0.4, -0.2) is 25.5 Å². The molecular weight excluding hydrogens is 364 g/mol. The van der Waals surface area contributed by atoms with Gasteiger partial charge in [0.05, 0.1) is 29.2 Å². The number of nitriles is 1. The maximum atomic E-state index is 13.1. The normalized spacial score (nSPS) is 11.6. The third kappa shape index (κ3) is 3.48. The van der Waals surface area contributed by atoms with E-state index < -0.39 is 16.0 Å².